The van der Waals surface area contributed by atoms with Gasteiger partial charge in [0, 0.05) is 42.1 Å². The molecule has 0 unspecified atom stereocenters. The number of carbonyl (C=O) groups is 1. The van der Waals surface area contributed by atoms with E-state index in [2.05, 4.69) is 41.5 Å². The van der Waals surface area contributed by atoms with Crippen molar-refractivity contribution in [3.05, 3.63) is 64.2 Å². The predicted octanol–water partition coefficient (Wildman–Crippen LogP) is 4.11. The first-order valence-corrected chi connectivity index (χ1v) is 9.72. The van der Waals surface area contributed by atoms with Gasteiger partial charge in [-0.3, -0.25) is 14.9 Å². The molecule has 1 aromatic carbocycles. The molecule has 140 valence electrons. The lowest BCUT2D eigenvalue weighted by atomic mass is 9.92. The molecule has 0 saturated heterocycles. The maximum atomic E-state index is 12.7. The Morgan fingerprint density at radius 2 is 2.04 bits per heavy atom. The van der Waals surface area contributed by atoms with Crippen molar-refractivity contribution in [1.82, 2.24) is 15.2 Å². The minimum atomic E-state index is 0.165. The number of nitrogens with one attached hydrogen (secondary N) is 2. The van der Waals surface area contributed by atoms with Gasteiger partial charge in [-0.15, -0.1) is 0 Å². The Morgan fingerprint density at radius 1 is 1.14 bits per heavy atom. The van der Waals surface area contributed by atoms with E-state index >= 15 is 0 Å². The molecule has 2 aromatic heterocycles. The van der Waals surface area contributed by atoms with Gasteiger partial charge in [-0.05, 0) is 66.6 Å². The Morgan fingerprint density at radius 3 is 2.86 bits per heavy atom. The zero-order chi connectivity index (χ0) is 19.3. The highest BCUT2D eigenvalue weighted by molar-refractivity contribution is 6.29. The number of carbonyl (C=O) groups excluding carboxylic acids is 1. The fraction of sp³-hybridized carbons (Fsp3) is 0.261. The summed E-state index contributed by atoms with van der Waals surface area (Å²) in [6.07, 6.45) is 10.1. The first kappa shape index (κ1) is 16.9. The molecule has 2 N–H and O–H groups in total. The number of aromatic amines is 1. The van der Waals surface area contributed by atoms with Crippen LogP contribution in [0, 0.1) is 13.8 Å². The molecule has 0 bridgehead atoms. The maximum Gasteiger partial charge on any atom is 0.167 e. The number of fused-ring (bicyclic) bond motifs is 2. The molecule has 0 amide bonds. The van der Waals surface area contributed by atoms with E-state index in [1.807, 2.05) is 12.3 Å². The molecule has 2 aliphatic rings. The first-order valence-electron chi connectivity index (χ1n) is 9.72. The van der Waals surface area contributed by atoms with Crippen molar-refractivity contribution in [2.45, 2.75) is 33.1 Å². The van der Waals surface area contributed by atoms with Crippen LogP contribution in [0.2, 0.25) is 0 Å². The van der Waals surface area contributed by atoms with Crippen LogP contribution < -0.4 is 5.32 Å². The summed E-state index contributed by atoms with van der Waals surface area (Å²) in [6.45, 7) is 5.24. The summed E-state index contributed by atoms with van der Waals surface area (Å²) < 4.78 is 0. The number of hydrogen-bond acceptors (Lipinski definition) is 4. The van der Waals surface area contributed by atoms with Gasteiger partial charge in [0.15, 0.2) is 5.78 Å². The maximum absolute atomic E-state index is 12.7. The number of aromatic nitrogens is 3. The van der Waals surface area contributed by atoms with Crippen LogP contribution in [0.15, 0.2) is 30.7 Å². The quantitative estimate of drug-likeness (QED) is 0.666. The van der Waals surface area contributed by atoms with Gasteiger partial charge in [0.25, 0.3) is 0 Å². The van der Waals surface area contributed by atoms with Crippen molar-refractivity contribution in [3.8, 4) is 11.1 Å². The Bertz CT molecular complexity index is 1130. The molecule has 3 heterocycles. The summed E-state index contributed by atoms with van der Waals surface area (Å²) in [7, 11) is 0. The number of H-pyrrole nitrogens is 1. The van der Waals surface area contributed by atoms with Gasteiger partial charge < -0.3 is 5.32 Å². The summed E-state index contributed by atoms with van der Waals surface area (Å²) in [5.41, 5.74) is 10.8. The highest BCUT2D eigenvalue weighted by Gasteiger charge is 2.27. The fourth-order valence-electron chi connectivity index (χ4n) is 4.36. The van der Waals surface area contributed by atoms with Gasteiger partial charge in [-0.25, -0.2) is 0 Å². The van der Waals surface area contributed by atoms with Crippen LogP contribution in [0.1, 0.15) is 39.9 Å². The second-order valence-electron chi connectivity index (χ2n) is 7.66. The molecular weight excluding hydrogens is 348 g/mol. The first-order chi connectivity index (χ1) is 13.6. The smallest absolute Gasteiger partial charge is 0.167 e. The minimum absolute atomic E-state index is 0.165. The number of allylic oxidation sites excluding steroid dienone is 1. The van der Waals surface area contributed by atoms with Crippen LogP contribution >= 0.6 is 0 Å². The molecule has 1 aliphatic carbocycles. The summed E-state index contributed by atoms with van der Waals surface area (Å²) in [6, 6.07) is 4.34. The van der Waals surface area contributed by atoms with Crippen LogP contribution in [0.3, 0.4) is 0 Å². The van der Waals surface area contributed by atoms with E-state index in [0.29, 0.717) is 6.42 Å². The summed E-state index contributed by atoms with van der Waals surface area (Å²) in [4.78, 5) is 17.4. The van der Waals surface area contributed by atoms with Crippen LogP contribution in [0.25, 0.3) is 22.8 Å². The number of ketones is 1. The van der Waals surface area contributed by atoms with Crippen LogP contribution in [0.4, 0.5) is 5.69 Å². The molecule has 5 rings (SSSR count). The monoisotopic (exact) mass is 370 g/mol. The lowest BCUT2D eigenvalue weighted by Crippen LogP contribution is -2.14. The van der Waals surface area contributed by atoms with Gasteiger partial charge in [-0.1, -0.05) is 6.07 Å². The third kappa shape index (κ3) is 2.66. The number of Topliss-reactive ketones (excluding diaryl/α,β-unsaturated/α-hetero) is 1. The number of aryl methyl sites for hydroxylation is 2. The van der Waals surface area contributed by atoms with Crippen LogP contribution in [-0.2, 0) is 17.6 Å². The predicted molar refractivity (Wildman–Crippen MR) is 111 cm³/mol. The highest BCUT2D eigenvalue weighted by Crippen LogP contribution is 2.39. The van der Waals surface area contributed by atoms with Gasteiger partial charge >= 0.3 is 0 Å². The van der Waals surface area contributed by atoms with E-state index < -0.39 is 0 Å². The Hall–Kier alpha value is -3.21. The molecule has 0 saturated carbocycles. The van der Waals surface area contributed by atoms with E-state index in [4.69, 9.17) is 4.98 Å². The second-order valence-corrected chi connectivity index (χ2v) is 7.66. The van der Waals surface area contributed by atoms with E-state index in [1.54, 1.807) is 12.4 Å². The lowest BCUT2D eigenvalue weighted by molar-refractivity contribution is -0.112. The van der Waals surface area contributed by atoms with Gasteiger partial charge in [0.1, 0.15) is 0 Å². The number of hydrogen-bond donors (Lipinski definition) is 2. The third-order valence-corrected chi connectivity index (χ3v) is 5.85. The molecule has 5 nitrogen and oxygen atoms in total. The number of benzene rings is 1. The Balaban J connectivity index is 1.66. The third-order valence-electron chi connectivity index (χ3n) is 5.85. The van der Waals surface area contributed by atoms with Crippen molar-refractivity contribution in [2.75, 3.05) is 11.9 Å². The van der Waals surface area contributed by atoms with Gasteiger partial charge in [-0.2, -0.15) is 5.10 Å². The average Bonchev–Trinajstić information content (AvgIpc) is 3.32. The normalized spacial score (nSPS) is 16.8. The molecular formula is C23H22N4O. The number of nitrogens with zero attached hydrogens (tertiary/aromatic N) is 2. The molecule has 3 aromatic rings. The zero-order valence-corrected chi connectivity index (χ0v) is 16.1. The zero-order valence-electron chi connectivity index (χ0n) is 16.1. The molecule has 5 heteroatoms. The summed E-state index contributed by atoms with van der Waals surface area (Å²) in [5.74, 6) is 0.165. The number of anilines is 1. The van der Waals surface area contributed by atoms with Gasteiger partial charge in [0.2, 0.25) is 0 Å². The molecule has 0 spiro atoms. The second kappa shape index (κ2) is 6.44. The van der Waals surface area contributed by atoms with E-state index in [9.17, 15) is 4.79 Å². The number of rotatable bonds is 2. The van der Waals surface area contributed by atoms with Crippen molar-refractivity contribution in [2.24, 2.45) is 0 Å². The van der Waals surface area contributed by atoms with E-state index in [-0.39, 0.29) is 5.78 Å². The SMILES string of the molecule is Cc1cc(-c2cnc3c(c2C)NCCC3)cc2c1CC(=O)/C2=C\c1cn[nH]c1. The molecule has 0 radical (unpaired) electrons. The van der Waals surface area contributed by atoms with Gasteiger partial charge in [0.05, 0.1) is 17.6 Å². The molecule has 1 aliphatic heterocycles. The standard InChI is InChI=1S/C23H22N4O/c1-13-6-16(20-12-25-21-4-3-5-24-23(21)14(20)2)8-18-17(13)9-22(28)19(18)7-15-10-26-27-11-15/h6-8,10-12,24H,3-5,9H2,1-2H3,(H,26,27)/b19-7-. The Kier molecular flexibility index (Phi) is 3.90. The minimum Gasteiger partial charge on any atom is -0.383 e. The largest absolute Gasteiger partial charge is 0.383 e. The lowest BCUT2D eigenvalue weighted by Gasteiger charge is -2.21. The molecule has 0 atom stereocenters. The van der Waals surface area contributed by atoms with Crippen LogP contribution in [-0.4, -0.2) is 27.5 Å². The van der Waals surface area contributed by atoms with E-state index in [1.165, 1.54) is 11.3 Å². The topological polar surface area (TPSA) is 70.7 Å². The highest BCUT2D eigenvalue weighted by atomic mass is 16.1. The van der Waals surface area contributed by atoms with Crippen LogP contribution in [0.5, 0.6) is 0 Å². The van der Waals surface area contributed by atoms with Crippen molar-refractivity contribution < 1.29 is 4.79 Å². The number of pyridine rings is 1. The van der Waals surface area contributed by atoms with Crippen molar-refractivity contribution in [1.29, 1.82) is 0 Å². The summed E-state index contributed by atoms with van der Waals surface area (Å²) >= 11 is 0. The molecule has 0 fully saturated rings. The summed E-state index contributed by atoms with van der Waals surface area (Å²) in [5, 5.41) is 10.3. The van der Waals surface area contributed by atoms with E-state index in [0.717, 1.165) is 64.0 Å². The fourth-order valence-corrected chi connectivity index (χ4v) is 4.36. The Labute approximate surface area is 163 Å². The van der Waals surface area contributed by atoms with Crippen molar-refractivity contribution in [3.63, 3.8) is 0 Å². The average molecular weight is 370 g/mol. The van der Waals surface area contributed by atoms with Crippen molar-refractivity contribution >= 4 is 23.1 Å². The molecule has 28 heavy (non-hydrogen) atoms.